The van der Waals surface area contributed by atoms with Gasteiger partial charge in [0, 0.05) is 6.61 Å². The zero-order chi connectivity index (χ0) is 7.28. The van der Waals surface area contributed by atoms with Crippen molar-refractivity contribution in [2.24, 2.45) is 5.92 Å². The van der Waals surface area contributed by atoms with Crippen LogP contribution in [0.4, 0.5) is 0 Å². The number of hydrogen-bond donors (Lipinski definition) is 3. The Morgan fingerprint density at radius 3 is 2.00 bits per heavy atom. The van der Waals surface area contributed by atoms with Crippen molar-refractivity contribution in [1.29, 1.82) is 0 Å². The first-order valence-electron chi connectivity index (χ1n) is 2.67. The minimum atomic E-state index is -1.06. The van der Waals surface area contributed by atoms with Crippen molar-refractivity contribution in [3.05, 3.63) is 0 Å². The first-order chi connectivity index (χ1) is 4.22. The second-order valence-corrected chi connectivity index (χ2v) is 1.73. The van der Waals surface area contributed by atoms with Gasteiger partial charge in [0.25, 0.3) is 0 Å². The van der Waals surface area contributed by atoms with Crippen molar-refractivity contribution < 1.29 is 20.1 Å². The van der Waals surface area contributed by atoms with Gasteiger partial charge in [-0.25, -0.2) is 0 Å². The van der Waals surface area contributed by atoms with Crippen LogP contribution < -0.4 is 0 Å². The van der Waals surface area contributed by atoms with Gasteiger partial charge < -0.3 is 15.3 Å². The molecule has 0 aromatic rings. The molecule has 0 saturated heterocycles. The van der Waals surface area contributed by atoms with Crippen molar-refractivity contribution in [2.45, 2.75) is 6.42 Å². The third kappa shape index (κ3) is 5.78. The number of carbonyl (C=O) groups is 1. The molecule has 0 bridgehead atoms. The van der Waals surface area contributed by atoms with E-state index in [1.807, 2.05) is 0 Å². The van der Waals surface area contributed by atoms with Crippen LogP contribution in [-0.4, -0.2) is 85.9 Å². The fourth-order valence-corrected chi connectivity index (χ4v) is 0.449. The quantitative estimate of drug-likeness (QED) is 0.449. The van der Waals surface area contributed by atoms with Crippen LogP contribution in [0.3, 0.4) is 0 Å². The fourth-order valence-electron chi connectivity index (χ4n) is 0.449. The second kappa shape index (κ2) is 8.13. The molecule has 0 aliphatic heterocycles. The summed E-state index contributed by atoms with van der Waals surface area (Å²) in [6.07, 6.45) is 0.117. The molecular weight excluding hydrogens is 163 g/mol. The van der Waals surface area contributed by atoms with Crippen molar-refractivity contribution in [2.75, 3.05) is 13.2 Å². The molecule has 0 aromatic carbocycles. The van der Waals surface area contributed by atoms with Gasteiger partial charge in [-0.05, 0) is 6.42 Å². The van der Waals surface area contributed by atoms with E-state index in [0.717, 1.165) is 0 Å². The normalized spacial score (nSPS) is 11.8. The van der Waals surface area contributed by atoms with Crippen LogP contribution in [0.1, 0.15) is 6.42 Å². The van der Waals surface area contributed by atoms with Crippen LogP contribution >= 0.6 is 0 Å². The van der Waals surface area contributed by atoms with Crippen molar-refractivity contribution in [3.63, 3.8) is 0 Å². The molecular formula is C5H11KO4. The van der Waals surface area contributed by atoms with Gasteiger partial charge in [-0.2, -0.15) is 0 Å². The van der Waals surface area contributed by atoms with Crippen LogP contribution in [0.25, 0.3) is 0 Å². The summed E-state index contributed by atoms with van der Waals surface area (Å²) in [4.78, 5) is 10.0. The average Bonchev–Trinajstić information content (AvgIpc) is 1.82. The SMILES string of the molecule is O=C(O)C(CO)CCO.[KH]. The number of rotatable bonds is 4. The van der Waals surface area contributed by atoms with E-state index >= 15 is 0 Å². The molecule has 0 saturated carbocycles. The van der Waals surface area contributed by atoms with Crippen LogP contribution in [-0.2, 0) is 4.79 Å². The Morgan fingerprint density at radius 1 is 1.40 bits per heavy atom. The monoisotopic (exact) mass is 174 g/mol. The molecule has 5 heteroatoms. The molecule has 0 radical (unpaired) electrons. The molecule has 1 unspecified atom stereocenters. The number of hydrogen-bond acceptors (Lipinski definition) is 3. The summed E-state index contributed by atoms with van der Waals surface area (Å²) in [6.45, 7) is -0.604. The predicted octanol–water partition coefficient (Wildman–Crippen LogP) is -1.59. The summed E-state index contributed by atoms with van der Waals surface area (Å²) in [6, 6.07) is 0. The van der Waals surface area contributed by atoms with E-state index in [0.29, 0.717) is 0 Å². The van der Waals surface area contributed by atoms with E-state index in [4.69, 9.17) is 15.3 Å². The minimum absolute atomic E-state index is 0. The molecule has 56 valence electrons. The van der Waals surface area contributed by atoms with Crippen LogP contribution in [0.2, 0.25) is 0 Å². The molecule has 0 aliphatic rings. The molecule has 0 fully saturated rings. The molecule has 0 aliphatic carbocycles. The van der Waals surface area contributed by atoms with E-state index in [2.05, 4.69) is 0 Å². The van der Waals surface area contributed by atoms with Gasteiger partial charge in [0.15, 0.2) is 0 Å². The van der Waals surface area contributed by atoms with Crippen LogP contribution in [0.5, 0.6) is 0 Å². The Bertz CT molecular complexity index is 95.6. The Balaban J connectivity index is 0. The second-order valence-electron chi connectivity index (χ2n) is 1.73. The molecule has 0 aromatic heterocycles. The average molecular weight is 174 g/mol. The Labute approximate surface area is 102 Å². The maximum absolute atomic E-state index is 10.0. The van der Waals surface area contributed by atoms with E-state index in [1.165, 1.54) is 0 Å². The maximum atomic E-state index is 10.0. The van der Waals surface area contributed by atoms with E-state index in [9.17, 15) is 4.79 Å². The van der Waals surface area contributed by atoms with Gasteiger partial charge in [0.05, 0.1) is 12.5 Å². The van der Waals surface area contributed by atoms with Gasteiger partial charge >= 0.3 is 57.4 Å². The Morgan fingerprint density at radius 2 is 1.90 bits per heavy atom. The zero-order valence-corrected chi connectivity index (χ0v) is 4.95. The third-order valence-electron chi connectivity index (χ3n) is 1.05. The Kier molecular flexibility index (Phi) is 11.1. The summed E-state index contributed by atoms with van der Waals surface area (Å²) in [5.74, 6) is -1.87. The molecule has 4 nitrogen and oxygen atoms in total. The zero-order valence-electron chi connectivity index (χ0n) is 4.95. The predicted molar refractivity (Wildman–Crippen MR) is 37.1 cm³/mol. The van der Waals surface area contributed by atoms with Crippen LogP contribution in [0.15, 0.2) is 0 Å². The first-order valence-corrected chi connectivity index (χ1v) is 2.67. The standard InChI is InChI=1S/C5H10O4.K.H/c6-2-1-4(3-7)5(8)9;;/h4,6-7H,1-3H2,(H,8,9);;. The summed E-state index contributed by atoms with van der Waals surface area (Å²) < 4.78 is 0. The van der Waals surface area contributed by atoms with E-state index in [-0.39, 0.29) is 64.4 Å². The first kappa shape index (κ1) is 13.6. The van der Waals surface area contributed by atoms with Crippen molar-refractivity contribution in [1.82, 2.24) is 0 Å². The fraction of sp³-hybridized carbons (Fsp3) is 0.800. The molecule has 10 heavy (non-hydrogen) atoms. The van der Waals surface area contributed by atoms with E-state index < -0.39 is 18.5 Å². The topological polar surface area (TPSA) is 77.8 Å². The summed E-state index contributed by atoms with van der Waals surface area (Å²) >= 11 is 0. The third-order valence-corrected chi connectivity index (χ3v) is 1.05. The number of carboxylic acid groups (broad SMARTS) is 1. The van der Waals surface area contributed by atoms with Gasteiger partial charge in [0.1, 0.15) is 0 Å². The van der Waals surface area contributed by atoms with Gasteiger partial charge in [-0.3, -0.25) is 4.79 Å². The van der Waals surface area contributed by atoms with Gasteiger partial charge in [-0.1, -0.05) is 0 Å². The van der Waals surface area contributed by atoms with Gasteiger partial charge in [-0.15, -0.1) is 0 Å². The molecule has 0 rings (SSSR count). The summed E-state index contributed by atoms with van der Waals surface area (Å²) in [5, 5.41) is 24.8. The Hall–Kier alpha value is 1.03. The number of aliphatic hydroxyl groups is 2. The van der Waals surface area contributed by atoms with E-state index in [1.54, 1.807) is 0 Å². The number of aliphatic carboxylic acids is 1. The molecule has 3 N–H and O–H groups in total. The van der Waals surface area contributed by atoms with Crippen molar-refractivity contribution in [3.8, 4) is 0 Å². The molecule has 0 heterocycles. The number of carboxylic acids is 1. The van der Waals surface area contributed by atoms with Crippen molar-refractivity contribution >= 4 is 57.4 Å². The number of aliphatic hydroxyl groups excluding tert-OH is 2. The molecule has 0 amide bonds. The summed E-state index contributed by atoms with van der Waals surface area (Å²) in [7, 11) is 0. The molecule has 0 spiro atoms. The van der Waals surface area contributed by atoms with Crippen LogP contribution in [0, 0.1) is 5.92 Å². The molecule has 1 atom stereocenters. The van der Waals surface area contributed by atoms with Gasteiger partial charge in [0.2, 0.25) is 0 Å². The summed E-state index contributed by atoms with van der Waals surface area (Å²) in [5.41, 5.74) is 0.